The lowest BCUT2D eigenvalue weighted by Crippen LogP contribution is -1.89. The van der Waals surface area contributed by atoms with E-state index in [9.17, 15) is 4.39 Å². The van der Waals surface area contributed by atoms with Crippen LogP contribution in [0.2, 0.25) is 0 Å². The third-order valence-electron chi connectivity index (χ3n) is 2.74. The lowest BCUT2D eigenvalue weighted by molar-refractivity contribution is 0.628. The van der Waals surface area contributed by atoms with Crippen LogP contribution in [0.5, 0.6) is 0 Å². The van der Waals surface area contributed by atoms with Gasteiger partial charge in [-0.2, -0.15) is 0 Å². The number of rotatable bonds is 3. The minimum atomic E-state index is -0.245. The summed E-state index contributed by atoms with van der Waals surface area (Å²) in [6.07, 6.45) is 0. The zero-order valence-electron chi connectivity index (χ0n) is 10.3. The molecule has 1 N–H and O–H groups in total. The summed E-state index contributed by atoms with van der Waals surface area (Å²) in [5, 5.41) is 5.95. The summed E-state index contributed by atoms with van der Waals surface area (Å²) >= 11 is 4.93. The lowest BCUT2D eigenvalue weighted by atomic mass is 10.2. The van der Waals surface area contributed by atoms with Crippen molar-refractivity contribution in [1.29, 1.82) is 0 Å². The Morgan fingerprint density at radius 2 is 1.70 bits per heavy atom. The van der Waals surface area contributed by atoms with Crippen LogP contribution in [0.15, 0.2) is 58.4 Å². The number of aromatic nitrogens is 1. The van der Waals surface area contributed by atoms with Gasteiger partial charge in [0, 0.05) is 21.1 Å². The minimum absolute atomic E-state index is 0.245. The lowest BCUT2D eigenvalue weighted by Gasteiger charge is -2.01. The largest absolute Gasteiger partial charge is 0.332 e. The quantitative estimate of drug-likeness (QED) is 0.680. The molecule has 0 saturated heterocycles. The van der Waals surface area contributed by atoms with E-state index in [2.05, 4.69) is 26.2 Å². The predicted molar refractivity (Wildman–Crippen MR) is 84.9 cm³/mol. The first-order valence-corrected chi connectivity index (χ1v) is 7.62. The highest BCUT2D eigenvalue weighted by Gasteiger charge is 2.05. The van der Waals surface area contributed by atoms with Gasteiger partial charge in [0.25, 0.3) is 0 Å². The molecular formula is C15H10BrFN2S. The van der Waals surface area contributed by atoms with Crippen molar-refractivity contribution in [2.45, 2.75) is 0 Å². The van der Waals surface area contributed by atoms with Gasteiger partial charge < -0.3 is 5.32 Å². The van der Waals surface area contributed by atoms with Crippen molar-refractivity contribution < 1.29 is 4.39 Å². The highest BCUT2D eigenvalue weighted by molar-refractivity contribution is 9.10. The van der Waals surface area contributed by atoms with Gasteiger partial charge >= 0.3 is 0 Å². The molecule has 3 rings (SSSR count). The van der Waals surface area contributed by atoms with Gasteiger partial charge in [-0.25, -0.2) is 9.37 Å². The molecule has 1 heterocycles. The van der Waals surface area contributed by atoms with Crippen molar-refractivity contribution in [3.05, 3.63) is 64.2 Å². The predicted octanol–water partition coefficient (Wildman–Crippen LogP) is 5.46. The van der Waals surface area contributed by atoms with E-state index in [1.807, 2.05) is 29.6 Å². The number of nitrogens with zero attached hydrogens (tertiary/aromatic N) is 1. The molecule has 0 amide bonds. The maximum absolute atomic E-state index is 12.8. The number of nitrogens with one attached hydrogen (secondary N) is 1. The number of benzene rings is 2. The molecule has 0 aliphatic carbocycles. The standard InChI is InChI=1S/C15H10BrFN2S/c16-11-3-1-10(2-4-11)14-9-20-15(19-14)18-13-7-5-12(17)6-8-13/h1-9H,(H,18,19). The molecule has 0 fully saturated rings. The third-order valence-corrected chi connectivity index (χ3v) is 4.03. The Kier molecular flexibility index (Phi) is 3.80. The molecular weight excluding hydrogens is 339 g/mol. The van der Waals surface area contributed by atoms with E-state index >= 15 is 0 Å². The summed E-state index contributed by atoms with van der Waals surface area (Å²) in [7, 11) is 0. The normalized spacial score (nSPS) is 10.5. The van der Waals surface area contributed by atoms with E-state index in [1.54, 1.807) is 12.1 Å². The monoisotopic (exact) mass is 348 g/mol. The van der Waals surface area contributed by atoms with Crippen LogP contribution in [-0.2, 0) is 0 Å². The molecule has 20 heavy (non-hydrogen) atoms. The van der Waals surface area contributed by atoms with Crippen LogP contribution in [0.1, 0.15) is 0 Å². The van der Waals surface area contributed by atoms with Gasteiger partial charge in [-0.15, -0.1) is 11.3 Å². The van der Waals surface area contributed by atoms with Gasteiger partial charge in [0.05, 0.1) is 5.69 Å². The zero-order valence-corrected chi connectivity index (χ0v) is 12.7. The maximum Gasteiger partial charge on any atom is 0.187 e. The molecule has 0 spiro atoms. The molecule has 100 valence electrons. The van der Waals surface area contributed by atoms with Gasteiger partial charge in [0.15, 0.2) is 5.13 Å². The van der Waals surface area contributed by atoms with Crippen molar-refractivity contribution in [2.75, 3.05) is 5.32 Å². The second kappa shape index (κ2) is 5.73. The van der Waals surface area contributed by atoms with Crippen molar-refractivity contribution in [2.24, 2.45) is 0 Å². The number of thiazole rings is 1. The molecule has 2 aromatic carbocycles. The van der Waals surface area contributed by atoms with Crippen LogP contribution < -0.4 is 5.32 Å². The molecule has 0 saturated carbocycles. The molecule has 0 aliphatic heterocycles. The fraction of sp³-hybridized carbons (Fsp3) is 0. The van der Waals surface area contributed by atoms with Crippen LogP contribution in [0.4, 0.5) is 15.2 Å². The van der Waals surface area contributed by atoms with Gasteiger partial charge in [-0.05, 0) is 36.4 Å². The highest BCUT2D eigenvalue weighted by atomic mass is 79.9. The van der Waals surface area contributed by atoms with Crippen LogP contribution in [0.3, 0.4) is 0 Å². The van der Waals surface area contributed by atoms with Gasteiger partial charge in [0.1, 0.15) is 5.82 Å². The maximum atomic E-state index is 12.8. The number of halogens is 2. The Hall–Kier alpha value is -1.72. The molecule has 2 nitrogen and oxygen atoms in total. The van der Waals surface area contributed by atoms with E-state index in [1.165, 1.54) is 23.5 Å². The van der Waals surface area contributed by atoms with Crippen LogP contribution >= 0.6 is 27.3 Å². The van der Waals surface area contributed by atoms with Gasteiger partial charge in [-0.3, -0.25) is 0 Å². The number of hydrogen-bond donors (Lipinski definition) is 1. The van der Waals surface area contributed by atoms with E-state index in [-0.39, 0.29) is 5.82 Å². The summed E-state index contributed by atoms with van der Waals surface area (Å²) in [5.74, 6) is -0.245. The fourth-order valence-electron chi connectivity index (χ4n) is 1.74. The first-order valence-electron chi connectivity index (χ1n) is 5.95. The molecule has 0 unspecified atom stereocenters. The Bertz CT molecular complexity index is 707. The average molecular weight is 349 g/mol. The van der Waals surface area contributed by atoms with Crippen molar-refractivity contribution in [1.82, 2.24) is 4.98 Å². The summed E-state index contributed by atoms with van der Waals surface area (Å²) in [6.45, 7) is 0. The van der Waals surface area contributed by atoms with Crippen molar-refractivity contribution in [3.8, 4) is 11.3 Å². The number of anilines is 2. The van der Waals surface area contributed by atoms with E-state index in [0.717, 1.165) is 26.5 Å². The van der Waals surface area contributed by atoms with E-state index in [4.69, 9.17) is 0 Å². The first kappa shape index (κ1) is 13.3. The molecule has 0 atom stereocenters. The second-order valence-electron chi connectivity index (χ2n) is 4.18. The van der Waals surface area contributed by atoms with Crippen LogP contribution in [0.25, 0.3) is 11.3 Å². The molecule has 0 bridgehead atoms. The molecule has 0 radical (unpaired) electrons. The summed E-state index contributed by atoms with van der Waals surface area (Å²) < 4.78 is 13.9. The zero-order chi connectivity index (χ0) is 13.9. The Morgan fingerprint density at radius 1 is 1.00 bits per heavy atom. The summed E-state index contributed by atoms with van der Waals surface area (Å²) in [5.41, 5.74) is 2.81. The Morgan fingerprint density at radius 3 is 2.40 bits per heavy atom. The SMILES string of the molecule is Fc1ccc(Nc2nc(-c3ccc(Br)cc3)cs2)cc1. The molecule has 0 aliphatic rings. The fourth-order valence-corrected chi connectivity index (χ4v) is 2.75. The van der Waals surface area contributed by atoms with Crippen molar-refractivity contribution in [3.63, 3.8) is 0 Å². The minimum Gasteiger partial charge on any atom is -0.332 e. The number of hydrogen-bond acceptors (Lipinski definition) is 3. The van der Waals surface area contributed by atoms with Gasteiger partial charge in [0.2, 0.25) is 0 Å². The molecule has 3 aromatic rings. The second-order valence-corrected chi connectivity index (χ2v) is 5.95. The van der Waals surface area contributed by atoms with Crippen LogP contribution in [-0.4, -0.2) is 4.98 Å². The van der Waals surface area contributed by atoms with E-state index < -0.39 is 0 Å². The Balaban J connectivity index is 1.80. The van der Waals surface area contributed by atoms with Crippen LogP contribution in [0, 0.1) is 5.82 Å². The topological polar surface area (TPSA) is 24.9 Å². The smallest absolute Gasteiger partial charge is 0.187 e. The van der Waals surface area contributed by atoms with Crippen molar-refractivity contribution >= 4 is 38.1 Å². The summed E-state index contributed by atoms with van der Waals surface area (Å²) in [4.78, 5) is 4.53. The average Bonchev–Trinajstić information content (AvgIpc) is 2.91. The first-order chi connectivity index (χ1) is 9.70. The third kappa shape index (κ3) is 3.05. The highest BCUT2D eigenvalue weighted by Crippen LogP contribution is 2.27. The summed E-state index contributed by atoms with van der Waals surface area (Å²) in [6, 6.07) is 14.2. The van der Waals surface area contributed by atoms with E-state index in [0.29, 0.717) is 0 Å². The van der Waals surface area contributed by atoms with Gasteiger partial charge in [-0.1, -0.05) is 28.1 Å². The molecule has 5 heteroatoms. The molecule has 1 aromatic heterocycles. The Labute approximate surface area is 128 Å².